The van der Waals surface area contributed by atoms with E-state index in [1.165, 1.54) is 0 Å². The molecule has 0 aliphatic rings. The fourth-order valence-electron chi connectivity index (χ4n) is 1.08. The van der Waals surface area contributed by atoms with Crippen molar-refractivity contribution in [2.24, 2.45) is 5.73 Å². The Balaban J connectivity index is 3.31. The summed E-state index contributed by atoms with van der Waals surface area (Å²) in [6.07, 6.45) is -0.150. The molecule has 0 spiro atoms. The van der Waals surface area contributed by atoms with Gasteiger partial charge < -0.3 is 11.1 Å². The lowest BCUT2D eigenvalue weighted by atomic mass is 10.2. The minimum atomic E-state index is -3.92. The Labute approximate surface area is 87.2 Å². The molecule has 0 atom stereocenters. The third kappa shape index (κ3) is 7.56. The molecule has 0 saturated heterocycles. The number of hydrogen-bond donors (Lipinski definition) is 2. The number of unbranched alkanes of at least 4 members (excludes halogenated alkanes) is 3. The molecule has 0 aromatic heterocycles. The Hall–Kier alpha value is -0.360. The summed E-state index contributed by atoms with van der Waals surface area (Å²) in [6, 6.07) is 0. The highest BCUT2D eigenvalue weighted by molar-refractivity contribution is 4.71. The Morgan fingerprint density at radius 2 is 1.67 bits per heavy atom. The minimum Gasteiger partial charge on any atom is -0.330 e. The molecule has 0 amide bonds. The minimum absolute atomic E-state index is 0.340. The molecule has 3 N–H and O–H groups in total. The van der Waals surface area contributed by atoms with E-state index in [1.54, 1.807) is 0 Å². The molecule has 0 aromatic rings. The zero-order valence-corrected chi connectivity index (χ0v) is 8.62. The van der Waals surface area contributed by atoms with Crippen molar-refractivity contribution in [3.63, 3.8) is 0 Å². The van der Waals surface area contributed by atoms with Crippen molar-refractivity contribution in [2.45, 2.75) is 38.0 Å². The van der Waals surface area contributed by atoms with Gasteiger partial charge in [-0.1, -0.05) is 12.8 Å². The zero-order chi connectivity index (χ0) is 11.7. The van der Waals surface area contributed by atoms with Gasteiger partial charge in [0.15, 0.2) is 0 Å². The van der Waals surface area contributed by atoms with E-state index in [9.17, 15) is 17.6 Å². The smallest absolute Gasteiger partial charge is 0.319 e. The topological polar surface area (TPSA) is 38.0 Å². The van der Waals surface area contributed by atoms with Gasteiger partial charge in [0.2, 0.25) is 0 Å². The summed E-state index contributed by atoms with van der Waals surface area (Å²) in [5.74, 6) is -3.92. The maximum atomic E-state index is 12.3. The van der Waals surface area contributed by atoms with E-state index >= 15 is 0 Å². The van der Waals surface area contributed by atoms with Crippen molar-refractivity contribution in [3.05, 3.63) is 0 Å². The predicted octanol–water partition coefficient (Wildman–Crippen LogP) is 2.00. The van der Waals surface area contributed by atoms with E-state index in [4.69, 9.17) is 5.73 Å². The van der Waals surface area contributed by atoms with Crippen molar-refractivity contribution in [1.82, 2.24) is 5.32 Å². The molecule has 0 heterocycles. The van der Waals surface area contributed by atoms with Gasteiger partial charge in [-0.05, 0) is 25.9 Å². The molecular weight excluding hydrogens is 212 g/mol. The van der Waals surface area contributed by atoms with Crippen LogP contribution in [-0.4, -0.2) is 32.0 Å². The van der Waals surface area contributed by atoms with Crippen LogP contribution >= 0.6 is 0 Å². The molecule has 6 heteroatoms. The van der Waals surface area contributed by atoms with Crippen molar-refractivity contribution in [2.75, 3.05) is 19.6 Å². The first-order chi connectivity index (χ1) is 7.00. The summed E-state index contributed by atoms with van der Waals surface area (Å²) in [5.41, 5.74) is 5.26. The maximum Gasteiger partial charge on any atom is 0.319 e. The van der Waals surface area contributed by atoms with Gasteiger partial charge in [-0.15, -0.1) is 0 Å². The number of nitrogens with one attached hydrogen (secondary N) is 1. The molecule has 0 unspecified atom stereocenters. The largest absolute Gasteiger partial charge is 0.330 e. The van der Waals surface area contributed by atoms with E-state index in [0.29, 0.717) is 19.5 Å². The van der Waals surface area contributed by atoms with Gasteiger partial charge >= 0.3 is 12.3 Å². The second-order valence-corrected chi connectivity index (χ2v) is 3.44. The Morgan fingerprint density at radius 3 is 2.20 bits per heavy atom. The van der Waals surface area contributed by atoms with Gasteiger partial charge in [0.25, 0.3) is 0 Å². The van der Waals surface area contributed by atoms with Crippen molar-refractivity contribution in [1.29, 1.82) is 0 Å². The standard InChI is InChI=1S/C9H18F4N2/c10-8(11)9(12,13)7-15-6-4-2-1-3-5-14/h8,15H,1-7,14H2. The van der Waals surface area contributed by atoms with Crippen LogP contribution in [0.1, 0.15) is 25.7 Å². The van der Waals surface area contributed by atoms with Crippen LogP contribution in [0.15, 0.2) is 0 Å². The first kappa shape index (κ1) is 14.6. The Kier molecular flexibility index (Phi) is 7.68. The average Bonchev–Trinajstić information content (AvgIpc) is 2.16. The molecule has 0 aromatic carbocycles. The Morgan fingerprint density at radius 1 is 1.07 bits per heavy atom. The normalized spacial score (nSPS) is 12.4. The first-order valence-corrected chi connectivity index (χ1v) is 5.07. The number of nitrogens with two attached hydrogens (primary N) is 1. The summed E-state index contributed by atoms with van der Waals surface area (Å²) in [7, 11) is 0. The molecule has 2 nitrogen and oxygen atoms in total. The number of hydrogen-bond acceptors (Lipinski definition) is 2. The van der Waals surface area contributed by atoms with Crippen molar-refractivity contribution in [3.8, 4) is 0 Å². The number of alkyl halides is 4. The van der Waals surface area contributed by atoms with E-state index in [0.717, 1.165) is 19.3 Å². The van der Waals surface area contributed by atoms with E-state index in [1.807, 2.05) is 0 Å². The number of rotatable bonds is 9. The van der Waals surface area contributed by atoms with Crippen LogP contribution < -0.4 is 11.1 Å². The second kappa shape index (κ2) is 7.87. The lowest BCUT2D eigenvalue weighted by molar-refractivity contribution is -0.125. The molecule has 0 radical (unpaired) electrons. The lowest BCUT2D eigenvalue weighted by Gasteiger charge is -2.15. The highest BCUT2D eigenvalue weighted by Gasteiger charge is 2.39. The maximum absolute atomic E-state index is 12.3. The molecule has 0 rings (SSSR count). The highest BCUT2D eigenvalue weighted by Crippen LogP contribution is 2.21. The third-order valence-electron chi connectivity index (χ3n) is 1.99. The van der Waals surface area contributed by atoms with Crippen LogP contribution in [-0.2, 0) is 0 Å². The molecule has 15 heavy (non-hydrogen) atoms. The van der Waals surface area contributed by atoms with Gasteiger partial charge in [0, 0.05) is 0 Å². The molecule has 92 valence electrons. The van der Waals surface area contributed by atoms with Crippen LogP contribution in [0.2, 0.25) is 0 Å². The molecule has 0 saturated carbocycles. The second-order valence-electron chi connectivity index (χ2n) is 3.44. The molecular formula is C9H18F4N2. The van der Waals surface area contributed by atoms with Crippen LogP contribution in [0.5, 0.6) is 0 Å². The van der Waals surface area contributed by atoms with Gasteiger partial charge in [-0.3, -0.25) is 0 Å². The van der Waals surface area contributed by atoms with Crippen molar-refractivity contribution >= 4 is 0 Å². The first-order valence-electron chi connectivity index (χ1n) is 5.07. The molecule has 0 aliphatic carbocycles. The molecule has 0 aliphatic heterocycles. The SMILES string of the molecule is NCCCCCCNCC(F)(F)C(F)F. The molecule has 0 bridgehead atoms. The van der Waals surface area contributed by atoms with E-state index in [-0.39, 0.29) is 0 Å². The van der Waals surface area contributed by atoms with E-state index in [2.05, 4.69) is 5.32 Å². The van der Waals surface area contributed by atoms with Crippen LogP contribution in [0.25, 0.3) is 0 Å². The highest BCUT2D eigenvalue weighted by atomic mass is 19.3. The predicted molar refractivity (Wildman–Crippen MR) is 51.3 cm³/mol. The van der Waals surface area contributed by atoms with Crippen LogP contribution in [0.4, 0.5) is 17.6 Å². The molecule has 0 fully saturated rings. The van der Waals surface area contributed by atoms with Crippen LogP contribution in [0.3, 0.4) is 0 Å². The lowest BCUT2D eigenvalue weighted by Crippen LogP contribution is -2.39. The Bertz CT molecular complexity index is 153. The van der Waals surface area contributed by atoms with Gasteiger partial charge in [-0.25, -0.2) is 8.78 Å². The third-order valence-corrected chi connectivity index (χ3v) is 1.99. The quantitative estimate of drug-likeness (QED) is 0.469. The van der Waals surface area contributed by atoms with Gasteiger partial charge in [0.05, 0.1) is 6.54 Å². The number of halogens is 4. The zero-order valence-electron chi connectivity index (χ0n) is 8.62. The fraction of sp³-hybridized carbons (Fsp3) is 1.00. The summed E-state index contributed by atoms with van der Waals surface area (Å²) in [5, 5.41) is 2.32. The fourth-order valence-corrected chi connectivity index (χ4v) is 1.08. The van der Waals surface area contributed by atoms with Crippen molar-refractivity contribution < 1.29 is 17.6 Å². The average molecular weight is 230 g/mol. The monoisotopic (exact) mass is 230 g/mol. The van der Waals surface area contributed by atoms with Gasteiger partial charge in [-0.2, -0.15) is 8.78 Å². The van der Waals surface area contributed by atoms with Crippen LogP contribution in [0, 0.1) is 0 Å². The van der Waals surface area contributed by atoms with E-state index < -0.39 is 18.9 Å². The summed E-state index contributed by atoms with van der Waals surface area (Å²) < 4.78 is 48.1. The van der Waals surface area contributed by atoms with Gasteiger partial charge in [0.1, 0.15) is 0 Å². The summed E-state index contributed by atoms with van der Waals surface area (Å²) in [4.78, 5) is 0. The summed E-state index contributed by atoms with van der Waals surface area (Å²) >= 11 is 0. The summed E-state index contributed by atoms with van der Waals surface area (Å²) in [6.45, 7) is 0.00528.